The minimum atomic E-state index is -7.35. The van der Waals surface area contributed by atoms with Gasteiger partial charge in [-0.05, 0) is 59.0 Å². The smallest absolute Gasteiger partial charge is 0.460 e. The molecular weight excluding hydrogens is 598 g/mol. The quantitative estimate of drug-likeness (QED) is 0.225. The van der Waals surface area contributed by atoms with Crippen LogP contribution in [0.3, 0.4) is 0 Å². The maximum atomic E-state index is 13.4. The van der Waals surface area contributed by atoms with Crippen LogP contribution in [0, 0.1) is 3.57 Å². The molecule has 0 saturated heterocycles. The minimum absolute atomic E-state index is 0.0467. The molecule has 0 aromatic heterocycles. The van der Waals surface area contributed by atoms with Gasteiger partial charge in [0, 0.05) is 3.57 Å². The van der Waals surface area contributed by atoms with Crippen LogP contribution in [-0.2, 0) is 10.1 Å². The van der Waals surface area contributed by atoms with Gasteiger partial charge in [-0.3, -0.25) is 0 Å². The molecule has 15 heteroatoms. The molecule has 0 aliphatic carbocycles. The van der Waals surface area contributed by atoms with Crippen LogP contribution < -0.4 is 8.92 Å². The highest BCUT2D eigenvalue weighted by atomic mass is 127. The van der Waals surface area contributed by atoms with Crippen molar-refractivity contribution < 1.29 is 56.9 Å². The Kier molecular flexibility index (Phi) is 8.72. The second-order valence-corrected chi connectivity index (χ2v) is 8.51. The molecule has 0 atom stereocenters. The zero-order valence-corrected chi connectivity index (χ0v) is 18.5. The summed E-state index contributed by atoms with van der Waals surface area (Å²) in [5.74, 6) is -15.7. The number of hydrogen-bond donors (Lipinski definition) is 0. The molecule has 0 N–H and O–H groups in total. The van der Waals surface area contributed by atoms with E-state index in [0.29, 0.717) is 12.1 Å². The van der Waals surface area contributed by atoms with Gasteiger partial charge in [-0.15, -0.1) is 0 Å². The van der Waals surface area contributed by atoms with Crippen LogP contribution in [0.15, 0.2) is 54.6 Å². The second-order valence-electron chi connectivity index (χ2n) is 5.67. The monoisotopic (exact) mass is 610 g/mol. The summed E-state index contributed by atoms with van der Waals surface area (Å²) in [7, 11) is -5.78. The van der Waals surface area contributed by atoms with Crippen LogP contribution in [0.1, 0.15) is 0 Å². The van der Waals surface area contributed by atoms with Crippen molar-refractivity contribution in [3.05, 3.63) is 58.2 Å². The molecule has 2 aromatic carbocycles. The Bertz CT molecular complexity index is 979. The molecule has 4 nitrogen and oxygen atoms in total. The summed E-state index contributed by atoms with van der Waals surface area (Å²) in [5.41, 5.74) is 0. The van der Waals surface area contributed by atoms with Crippen LogP contribution >= 0.6 is 22.6 Å². The molecule has 2 aromatic rings. The molecule has 0 spiro atoms. The summed E-state index contributed by atoms with van der Waals surface area (Å²) in [6.07, 6.45) is -7.14. The SMILES string of the molecule is COc1ccc(OS(=O)(=O)C(F)(F)C(F)(F)C(F)(F)C(F)(F)F)cc1.Ic1ccccc1. The summed E-state index contributed by atoms with van der Waals surface area (Å²) < 4.78 is 146. The lowest BCUT2D eigenvalue weighted by Crippen LogP contribution is -2.63. The summed E-state index contributed by atoms with van der Waals surface area (Å²) in [6.45, 7) is 0. The first kappa shape index (κ1) is 28.1. The first-order valence-electron chi connectivity index (χ1n) is 7.89. The second kappa shape index (κ2) is 9.93. The van der Waals surface area contributed by atoms with Crippen LogP contribution in [0.25, 0.3) is 0 Å². The molecule has 2 rings (SSSR count). The first-order valence-corrected chi connectivity index (χ1v) is 10.4. The van der Waals surface area contributed by atoms with Crippen molar-refractivity contribution in [2.24, 2.45) is 0 Å². The standard InChI is InChI=1S/C11H7F9O4S.C6H5I/c1-23-6-2-4-7(5-3-6)24-25(21,22)11(19,20)9(14,15)8(12,13)10(16,17)18;7-6-4-2-1-3-5-6/h2-5H,1H3;1-5H. The molecule has 32 heavy (non-hydrogen) atoms. The van der Waals surface area contributed by atoms with Crippen molar-refractivity contribution in [1.82, 2.24) is 0 Å². The molecule has 0 aliphatic rings. The van der Waals surface area contributed by atoms with E-state index in [4.69, 9.17) is 0 Å². The fourth-order valence-electron chi connectivity index (χ4n) is 1.74. The van der Waals surface area contributed by atoms with Crippen LogP contribution in [0.5, 0.6) is 11.5 Å². The van der Waals surface area contributed by atoms with Crippen molar-refractivity contribution in [2.75, 3.05) is 7.11 Å². The minimum Gasteiger partial charge on any atom is -0.497 e. The highest BCUT2D eigenvalue weighted by Crippen LogP contribution is 2.54. The van der Waals surface area contributed by atoms with E-state index in [1.54, 1.807) is 0 Å². The van der Waals surface area contributed by atoms with E-state index in [9.17, 15) is 47.9 Å². The van der Waals surface area contributed by atoms with Crippen LogP contribution in [0.4, 0.5) is 39.5 Å². The third-order valence-electron chi connectivity index (χ3n) is 3.43. The average molecular weight is 610 g/mol. The molecule has 0 fully saturated rings. The maximum Gasteiger partial charge on any atom is 0.460 e. The predicted octanol–water partition coefficient (Wildman–Crippen LogP) is 6.12. The Morgan fingerprint density at radius 1 is 0.719 bits per heavy atom. The third kappa shape index (κ3) is 5.90. The van der Waals surface area contributed by atoms with Gasteiger partial charge in [-0.25, -0.2) is 0 Å². The summed E-state index contributed by atoms with van der Waals surface area (Å²) in [6, 6.07) is 13.3. The van der Waals surface area contributed by atoms with Gasteiger partial charge in [-0.2, -0.15) is 47.9 Å². The Morgan fingerprint density at radius 3 is 1.50 bits per heavy atom. The maximum absolute atomic E-state index is 13.4. The predicted molar refractivity (Wildman–Crippen MR) is 103 cm³/mol. The lowest BCUT2D eigenvalue weighted by atomic mass is 10.1. The molecular formula is C17H12F9IO4S. The van der Waals surface area contributed by atoms with Gasteiger partial charge < -0.3 is 8.92 Å². The highest BCUT2D eigenvalue weighted by Gasteiger charge is 2.86. The number of halogens is 10. The van der Waals surface area contributed by atoms with Gasteiger partial charge in [0.15, 0.2) is 0 Å². The van der Waals surface area contributed by atoms with E-state index >= 15 is 0 Å². The van der Waals surface area contributed by atoms with Gasteiger partial charge >= 0.3 is 33.4 Å². The number of hydrogen-bond acceptors (Lipinski definition) is 4. The van der Waals surface area contributed by atoms with Gasteiger partial charge in [0.1, 0.15) is 11.5 Å². The molecule has 0 aliphatic heterocycles. The zero-order valence-electron chi connectivity index (χ0n) is 15.5. The number of rotatable bonds is 6. The average Bonchev–Trinajstić information content (AvgIpc) is 2.68. The molecule has 0 bridgehead atoms. The number of methoxy groups -OCH3 is 1. The summed E-state index contributed by atoms with van der Waals surface area (Å²) in [4.78, 5) is 0. The van der Waals surface area contributed by atoms with Crippen molar-refractivity contribution in [3.8, 4) is 11.5 Å². The van der Waals surface area contributed by atoms with E-state index in [0.717, 1.165) is 19.2 Å². The van der Waals surface area contributed by atoms with Crippen molar-refractivity contribution in [3.63, 3.8) is 0 Å². The molecule has 0 unspecified atom stereocenters. The zero-order chi connectivity index (χ0) is 25.0. The normalized spacial score (nSPS) is 13.1. The van der Waals surface area contributed by atoms with Crippen molar-refractivity contribution in [2.45, 2.75) is 23.3 Å². The van der Waals surface area contributed by atoms with Gasteiger partial charge in [-0.1, -0.05) is 18.2 Å². The molecule has 0 radical (unpaired) electrons. The lowest BCUT2D eigenvalue weighted by Gasteiger charge is -2.32. The van der Waals surface area contributed by atoms with Crippen molar-refractivity contribution in [1.29, 1.82) is 0 Å². The van der Waals surface area contributed by atoms with E-state index in [-0.39, 0.29) is 5.75 Å². The first-order chi connectivity index (χ1) is 14.4. The summed E-state index contributed by atoms with van der Waals surface area (Å²) >= 11 is 2.28. The number of benzene rings is 2. The topological polar surface area (TPSA) is 52.6 Å². The Hall–Kier alpha value is -1.91. The Labute approximate surface area is 189 Å². The third-order valence-corrected chi connectivity index (χ3v) is 5.44. The number of ether oxygens (including phenoxy) is 1. The molecule has 0 saturated carbocycles. The van der Waals surface area contributed by atoms with Gasteiger partial charge in [0.05, 0.1) is 7.11 Å². The Balaban J connectivity index is 0.000000616. The highest BCUT2D eigenvalue weighted by molar-refractivity contribution is 14.1. The fraction of sp³-hybridized carbons (Fsp3) is 0.294. The molecule has 0 amide bonds. The largest absolute Gasteiger partial charge is 0.497 e. The lowest BCUT2D eigenvalue weighted by molar-refractivity contribution is -0.382. The van der Waals surface area contributed by atoms with Crippen molar-refractivity contribution >= 4 is 32.7 Å². The van der Waals surface area contributed by atoms with Gasteiger partial charge in [0.25, 0.3) is 0 Å². The molecule has 180 valence electrons. The van der Waals surface area contributed by atoms with E-state index < -0.39 is 39.1 Å². The van der Waals surface area contributed by atoms with E-state index in [1.807, 2.05) is 18.2 Å². The van der Waals surface area contributed by atoms with Crippen LogP contribution in [-0.4, -0.2) is 38.8 Å². The number of alkyl halides is 9. The fourth-order valence-corrected chi connectivity index (χ4v) is 3.07. The van der Waals surface area contributed by atoms with E-state index in [1.165, 1.54) is 3.57 Å². The molecule has 0 heterocycles. The van der Waals surface area contributed by atoms with Crippen LogP contribution in [0.2, 0.25) is 0 Å². The summed E-state index contributed by atoms with van der Waals surface area (Å²) in [5, 5.41) is -6.90. The van der Waals surface area contributed by atoms with Gasteiger partial charge in [0.2, 0.25) is 0 Å². The van der Waals surface area contributed by atoms with E-state index in [2.05, 4.69) is 43.6 Å². The Morgan fingerprint density at radius 2 is 1.16 bits per heavy atom.